The zero-order valence-corrected chi connectivity index (χ0v) is 14.9. The van der Waals surface area contributed by atoms with E-state index in [1.165, 1.54) is 0 Å². The van der Waals surface area contributed by atoms with E-state index in [-0.39, 0.29) is 24.2 Å². The van der Waals surface area contributed by atoms with Crippen molar-refractivity contribution in [1.29, 1.82) is 0 Å². The first-order valence-corrected chi connectivity index (χ1v) is 8.66. The normalized spacial score (nSPS) is 18.2. The van der Waals surface area contributed by atoms with E-state index in [2.05, 4.69) is 0 Å². The highest BCUT2D eigenvalue weighted by Gasteiger charge is 2.30. The second kappa shape index (κ2) is 7.79. The van der Waals surface area contributed by atoms with Gasteiger partial charge < -0.3 is 14.9 Å². The van der Waals surface area contributed by atoms with Gasteiger partial charge in [0, 0.05) is 32.1 Å². The van der Waals surface area contributed by atoms with Gasteiger partial charge in [-0.1, -0.05) is 44.2 Å². The molecule has 0 aliphatic carbocycles. The van der Waals surface area contributed by atoms with Crippen LogP contribution in [0.3, 0.4) is 0 Å². The lowest BCUT2D eigenvalue weighted by atomic mass is 9.92. The Kier molecular flexibility index (Phi) is 5.99. The molecule has 0 radical (unpaired) electrons. The average Bonchev–Trinajstić information content (AvgIpc) is 2.80. The van der Waals surface area contributed by atoms with Crippen molar-refractivity contribution < 1.29 is 14.7 Å². The standard InChI is InChI=1S/C19H28N2O3/c1-15(2)18(23)21-11-7-10-20(12-13-21)17(22)14-19(3,24)16-8-5-4-6-9-16/h4-6,8-9,15,24H,7,10-14H2,1-3H3. The summed E-state index contributed by atoms with van der Waals surface area (Å²) in [6.07, 6.45) is 0.826. The van der Waals surface area contributed by atoms with Crippen LogP contribution in [0.5, 0.6) is 0 Å². The van der Waals surface area contributed by atoms with Crippen LogP contribution in [0.15, 0.2) is 30.3 Å². The molecule has 0 spiro atoms. The molecule has 1 atom stereocenters. The molecule has 24 heavy (non-hydrogen) atoms. The van der Waals surface area contributed by atoms with Gasteiger partial charge in [-0.25, -0.2) is 0 Å². The second-order valence-electron chi connectivity index (χ2n) is 7.03. The molecule has 1 saturated heterocycles. The molecular formula is C19H28N2O3. The molecule has 1 aliphatic heterocycles. The molecule has 1 unspecified atom stereocenters. The zero-order chi connectivity index (χ0) is 17.7. The number of carbonyl (C=O) groups excluding carboxylic acids is 2. The van der Waals surface area contributed by atoms with Crippen molar-refractivity contribution in [2.45, 2.75) is 39.2 Å². The van der Waals surface area contributed by atoms with E-state index in [9.17, 15) is 14.7 Å². The molecule has 1 aliphatic rings. The average molecular weight is 332 g/mol. The summed E-state index contributed by atoms with van der Waals surface area (Å²) in [4.78, 5) is 28.3. The van der Waals surface area contributed by atoms with Crippen LogP contribution in [-0.4, -0.2) is 52.9 Å². The number of nitrogens with zero attached hydrogens (tertiary/aromatic N) is 2. The van der Waals surface area contributed by atoms with Gasteiger partial charge in [-0.3, -0.25) is 9.59 Å². The molecule has 2 amide bonds. The van der Waals surface area contributed by atoms with E-state index < -0.39 is 5.60 Å². The summed E-state index contributed by atoms with van der Waals surface area (Å²) >= 11 is 0. The van der Waals surface area contributed by atoms with Gasteiger partial charge in [0.1, 0.15) is 0 Å². The minimum Gasteiger partial charge on any atom is -0.385 e. The maximum Gasteiger partial charge on any atom is 0.225 e. The third-order valence-corrected chi connectivity index (χ3v) is 4.55. The molecule has 1 fully saturated rings. The summed E-state index contributed by atoms with van der Waals surface area (Å²) in [6.45, 7) is 7.88. The van der Waals surface area contributed by atoms with E-state index in [0.717, 1.165) is 12.0 Å². The lowest BCUT2D eigenvalue weighted by molar-refractivity contribution is -0.138. The lowest BCUT2D eigenvalue weighted by Crippen LogP contribution is -2.40. The van der Waals surface area contributed by atoms with Gasteiger partial charge in [0.2, 0.25) is 11.8 Å². The Bertz CT molecular complexity index is 569. The zero-order valence-electron chi connectivity index (χ0n) is 14.9. The Morgan fingerprint density at radius 3 is 2.29 bits per heavy atom. The number of aliphatic hydroxyl groups is 1. The summed E-state index contributed by atoms with van der Waals surface area (Å²) in [5.74, 6) is 0.0503. The van der Waals surface area contributed by atoms with Crippen LogP contribution < -0.4 is 0 Å². The molecule has 0 saturated carbocycles. The van der Waals surface area contributed by atoms with Crippen LogP contribution in [-0.2, 0) is 15.2 Å². The number of benzene rings is 1. The maximum absolute atomic E-state index is 12.6. The number of carbonyl (C=O) groups is 2. The largest absolute Gasteiger partial charge is 0.385 e. The van der Waals surface area contributed by atoms with Crippen LogP contribution >= 0.6 is 0 Å². The Morgan fingerprint density at radius 2 is 1.67 bits per heavy atom. The summed E-state index contributed by atoms with van der Waals surface area (Å²) < 4.78 is 0. The molecule has 5 heteroatoms. The van der Waals surface area contributed by atoms with Crippen molar-refractivity contribution in [2.75, 3.05) is 26.2 Å². The van der Waals surface area contributed by atoms with Crippen LogP contribution in [0.4, 0.5) is 0 Å². The van der Waals surface area contributed by atoms with Crippen LogP contribution in [0.1, 0.15) is 39.2 Å². The molecule has 1 aromatic rings. The van der Waals surface area contributed by atoms with Crippen molar-refractivity contribution >= 4 is 11.8 Å². The Hall–Kier alpha value is -1.88. The first-order valence-electron chi connectivity index (χ1n) is 8.66. The molecule has 0 aromatic heterocycles. The van der Waals surface area contributed by atoms with E-state index in [1.54, 1.807) is 11.8 Å². The Labute approximate surface area is 144 Å². The van der Waals surface area contributed by atoms with Crippen LogP contribution in [0.25, 0.3) is 0 Å². The number of amides is 2. The first-order chi connectivity index (χ1) is 11.3. The van der Waals surface area contributed by atoms with Crippen LogP contribution in [0, 0.1) is 5.92 Å². The molecule has 1 aromatic carbocycles. The smallest absolute Gasteiger partial charge is 0.225 e. The highest BCUT2D eigenvalue weighted by atomic mass is 16.3. The minimum atomic E-state index is -1.18. The summed E-state index contributed by atoms with van der Waals surface area (Å²) in [7, 11) is 0. The SMILES string of the molecule is CC(C)C(=O)N1CCCN(C(=O)CC(C)(O)c2ccccc2)CC1. The van der Waals surface area contributed by atoms with Gasteiger partial charge in [-0.15, -0.1) is 0 Å². The molecule has 5 nitrogen and oxygen atoms in total. The van der Waals surface area contributed by atoms with Crippen molar-refractivity contribution in [3.63, 3.8) is 0 Å². The predicted molar refractivity (Wildman–Crippen MR) is 93.2 cm³/mol. The quantitative estimate of drug-likeness (QED) is 0.917. The fourth-order valence-corrected chi connectivity index (χ4v) is 3.06. The van der Waals surface area contributed by atoms with E-state index in [0.29, 0.717) is 26.2 Å². The highest BCUT2D eigenvalue weighted by molar-refractivity contribution is 5.79. The van der Waals surface area contributed by atoms with E-state index in [4.69, 9.17) is 0 Å². The number of rotatable bonds is 4. The Balaban J connectivity index is 1.97. The van der Waals surface area contributed by atoms with Crippen molar-refractivity contribution in [3.8, 4) is 0 Å². The summed E-state index contributed by atoms with van der Waals surface area (Å²) in [6, 6.07) is 9.26. The Morgan fingerprint density at radius 1 is 1.08 bits per heavy atom. The third-order valence-electron chi connectivity index (χ3n) is 4.55. The van der Waals surface area contributed by atoms with Gasteiger partial charge in [0.25, 0.3) is 0 Å². The van der Waals surface area contributed by atoms with Crippen molar-refractivity contribution in [1.82, 2.24) is 9.80 Å². The fraction of sp³-hybridized carbons (Fsp3) is 0.579. The maximum atomic E-state index is 12.6. The van der Waals surface area contributed by atoms with Gasteiger partial charge in [0.15, 0.2) is 0 Å². The molecule has 0 bridgehead atoms. The van der Waals surface area contributed by atoms with Crippen LogP contribution in [0.2, 0.25) is 0 Å². The minimum absolute atomic E-state index is 0.0222. The monoisotopic (exact) mass is 332 g/mol. The number of hydrogen-bond donors (Lipinski definition) is 1. The third kappa shape index (κ3) is 4.57. The molecule has 1 heterocycles. The van der Waals surface area contributed by atoms with Crippen molar-refractivity contribution in [2.24, 2.45) is 5.92 Å². The molecule has 2 rings (SSSR count). The van der Waals surface area contributed by atoms with Gasteiger partial charge in [-0.2, -0.15) is 0 Å². The first kappa shape index (κ1) is 18.5. The van der Waals surface area contributed by atoms with E-state index in [1.807, 2.05) is 49.1 Å². The summed E-state index contributed by atoms with van der Waals surface area (Å²) in [5.41, 5.74) is -0.442. The molecule has 132 valence electrons. The van der Waals surface area contributed by atoms with Gasteiger partial charge >= 0.3 is 0 Å². The number of hydrogen-bond acceptors (Lipinski definition) is 3. The highest BCUT2D eigenvalue weighted by Crippen LogP contribution is 2.25. The van der Waals surface area contributed by atoms with Gasteiger partial charge in [-0.05, 0) is 18.9 Å². The predicted octanol–water partition coefficient (Wildman–Crippen LogP) is 2.00. The van der Waals surface area contributed by atoms with Gasteiger partial charge in [0.05, 0.1) is 12.0 Å². The lowest BCUT2D eigenvalue weighted by Gasteiger charge is -2.28. The van der Waals surface area contributed by atoms with E-state index >= 15 is 0 Å². The molecular weight excluding hydrogens is 304 g/mol. The van der Waals surface area contributed by atoms with Crippen molar-refractivity contribution in [3.05, 3.63) is 35.9 Å². The fourth-order valence-electron chi connectivity index (χ4n) is 3.06. The summed E-state index contributed by atoms with van der Waals surface area (Å²) in [5, 5.41) is 10.7. The molecule has 1 N–H and O–H groups in total. The topological polar surface area (TPSA) is 60.9 Å². The second-order valence-corrected chi connectivity index (χ2v) is 7.03.